The fourth-order valence-electron chi connectivity index (χ4n) is 3.55. The highest BCUT2D eigenvalue weighted by atomic mass is 35.5. The lowest BCUT2D eigenvalue weighted by molar-refractivity contribution is -0.231. The van der Waals surface area contributed by atoms with Gasteiger partial charge in [0.25, 0.3) is 0 Å². The van der Waals surface area contributed by atoms with Gasteiger partial charge in [-0.1, -0.05) is 47.5 Å². The van der Waals surface area contributed by atoms with Crippen LogP contribution in [-0.4, -0.2) is 51.4 Å². The Balaban J connectivity index is 1.66. The maximum Gasteiger partial charge on any atom is 0.113 e. The van der Waals surface area contributed by atoms with Crippen LogP contribution in [0, 0.1) is 0 Å². The van der Waals surface area contributed by atoms with E-state index in [9.17, 15) is 20.4 Å². The van der Waals surface area contributed by atoms with Crippen molar-refractivity contribution in [3.63, 3.8) is 0 Å². The Hall–Kier alpha value is -1.18. The van der Waals surface area contributed by atoms with E-state index in [1.807, 2.05) is 30.3 Å². The normalized spacial score (nSPS) is 27.7. The minimum Gasteiger partial charge on any atom is -0.394 e. The summed E-state index contributed by atoms with van der Waals surface area (Å²) in [5.41, 5.74) is 2.82. The Bertz CT molecular complexity index is 778. The molecule has 0 bridgehead atoms. The molecule has 0 spiro atoms. The van der Waals surface area contributed by atoms with Crippen LogP contribution in [-0.2, 0) is 17.6 Å². The van der Waals surface area contributed by atoms with Crippen LogP contribution < -0.4 is 0 Å². The highest BCUT2D eigenvalue weighted by Gasteiger charge is 2.43. The number of aryl methyl sites for hydroxylation is 2. The molecule has 2 aromatic rings. The summed E-state index contributed by atoms with van der Waals surface area (Å²) in [7, 11) is 0. The number of hydrogen-bond acceptors (Lipinski definition) is 5. The molecule has 0 aromatic heterocycles. The van der Waals surface area contributed by atoms with Crippen molar-refractivity contribution in [2.24, 2.45) is 0 Å². The van der Waals surface area contributed by atoms with Gasteiger partial charge in [0.15, 0.2) is 0 Å². The third kappa shape index (κ3) is 5.05. The van der Waals surface area contributed by atoms with Gasteiger partial charge in [-0.15, -0.1) is 0 Å². The first-order valence-corrected chi connectivity index (χ1v) is 9.99. The molecule has 1 aliphatic rings. The third-order valence-electron chi connectivity index (χ3n) is 5.03. The van der Waals surface area contributed by atoms with E-state index < -0.39 is 37.1 Å². The van der Waals surface area contributed by atoms with Crippen LogP contribution >= 0.6 is 23.2 Å². The number of aliphatic hydroxyl groups is 4. The fourth-order valence-corrected chi connectivity index (χ4v) is 4.13. The molecule has 1 heterocycles. The molecule has 0 aliphatic carbocycles. The molecule has 28 heavy (non-hydrogen) atoms. The lowest BCUT2D eigenvalue weighted by atomic mass is 9.90. The van der Waals surface area contributed by atoms with Crippen LogP contribution in [0.25, 0.3) is 0 Å². The molecule has 1 saturated heterocycles. The monoisotopic (exact) mass is 426 g/mol. The van der Waals surface area contributed by atoms with Gasteiger partial charge < -0.3 is 25.2 Å². The SMILES string of the molecule is OC[C@H]1O[C@H](c2cccc(CCCc3cc(Cl)cc(Cl)c3)c2)[C@@H](O)[C@@H](O)[C@@H]1O. The van der Waals surface area contributed by atoms with E-state index in [-0.39, 0.29) is 0 Å². The van der Waals surface area contributed by atoms with E-state index in [2.05, 4.69) is 0 Å². The molecular weight excluding hydrogens is 403 g/mol. The molecule has 5 nitrogen and oxygen atoms in total. The van der Waals surface area contributed by atoms with Crippen molar-refractivity contribution >= 4 is 23.2 Å². The van der Waals surface area contributed by atoms with Crippen LogP contribution in [0.4, 0.5) is 0 Å². The lowest BCUT2D eigenvalue weighted by Crippen LogP contribution is -2.55. The first-order valence-electron chi connectivity index (χ1n) is 9.23. The smallest absolute Gasteiger partial charge is 0.113 e. The summed E-state index contributed by atoms with van der Waals surface area (Å²) in [6.07, 6.45) is -3.24. The first-order chi connectivity index (χ1) is 13.4. The number of halogens is 2. The van der Waals surface area contributed by atoms with Crippen molar-refractivity contribution in [3.05, 3.63) is 69.2 Å². The Morgan fingerprint density at radius 2 is 1.50 bits per heavy atom. The molecule has 0 amide bonds. The summed E-state index contributed by atoms with van der Waals surface area (Å²) >= 11 is 12.1. The summed E-state index contributed by atoms with van der Waals surface area (Å²) in [6.45, 7) is -0.441. The van der Waals surface area contributed by atoms with Crippen molar-refractivity contribution in [1.82, 2.24) is 0 Å². The third-order valence-corrected chi connectivity index (χ3v) is 5.46. The van der Waals surface area contributed by atoms with Gasteiger partial charge in [-0.3, -0.25) is 0 Å². The van der Waals surface area contributed by atoms with Gasteiger partial charge in [0, 0.05) is 10.0 Å². The van der Waals surface area contributed by atoms with Crippen LogP contribution in [0.1, 0.15) is 29.2 Å². The molecule has 7 heteroatoms. The second-order valence-electron chi connectivity index (χ2n) is 7.13. The molecule has 4 N–H and O–H groups in total. The largest absolute Gasteiger partial charge is 0.394 e. The quantitative estimate of drug-likeness (QED) is 0.569. The molecule has 0 saturated carbocycles. The van der Waals surface area contributed by atoms with Crippen LogP contribution in [0.3, 0.4) is 0 Å². The molecule has 3 rings (SSSR count). The van der Waals surface area contributed by atoms with Crippen molar-refractivity contribution in [2.45, 2.75) is 49.8 Å². The molecule has 0 radical (unpaired) electrons. The molecule has 5 atom stereocenters. The van der Waals surface area contributed by atoms with E-state index in [0.29, 0.717) is 15.6 Å². The average Bonchev–Trinajstić information content (AvgIpc) is 2.66. The summed E-state index contributed by atoms with van der Waals surface area (Å²) in [4.78, 5) is 0. The van der Waals surface area contributed by atoms with E-state index >= 15 is 0 Å². The van der Waals surface area contributed by atoms with E-state index in [1.165, 1.54) is 0 Å². The molecule has 1 aliphatic heterocycles. The van der Waals surface area contributed by atoms with Crippen LogP contribution in [0.5, 0.6) is 0 Å². The zero-order valence-electron chi connectivity index (χ0n) is 15.2. The van der Waals surface area contributed by atoms with E-state index in [4.69, 9.17) is 27.9 Å². The average molecular weight is 427 g/mol. The van der Waals surface area contributed by atoms with Gasteiger partial charge in [0.05, 0.1) is 6.61 Å². The highest BCUT2D eigenvalue weighted by molar-refractivity contribution is 6.34. The van der Waals surface area contributed by atoms with Crippen LogP contribution in [0.2, 0.25) is 10.0 Å². The number of hydrogen-bond donors (Lipinski definition) is 4. The lowest BCUT2D eigenvalue weighted by Gasteiger charge is -2.40. The highest BCUT2D eigenvalue weighted by Crippen LogP contribution is 2.32. The number of rotatable bonds is 6. The predicted molar refractivity (Wildman–Crippen MR) is 108 cm³/mol. The van der Waals surface area contributed by atoms with Gasteiger partial charge in [-0.25, -0.2) is 0 Å². The second kappa shape index (κ2) is 9.55. The molecule has 1 fully saturated rings. The Kier molecular flexibility index (Phi) is 7.34. The molecular formula is C21H24Cl2O5. The standard InChI is InChI=1S/C21H24Cl2O5/c22-15-8-13(9-16(23)10-15)5-1-3-12-4-2-6-14(7-12)21-20(27)19(26)18(25)17(11-24)28-21/h2,4,6-10,17-21,24-27H,1,3,5,11H2/t17-,18-,19+,20+,21-/m1/s1. The number of benzene rings is 2. The predicted octanol–water partition coefficient (Wildman–Crippen LogP) is 2.68. The molecule has 2 aromatic carbocycles. The Morgan fingerprint density at radius 1 is 0.821 bits per heavy atom. The van der Waals surface area contributed by atoms with E-state index in [1.54, 1.807) is 12.1 Å². The minimum absolute atomic E-state index is 0.441. The van der Waals surface area contributed by atoms with Crippen molar-refractivity contribution in [3.8, 4) is 0 Å². The summed E-state index contributed by atoms with van der Waals surface area (Å²) in [6, 6.07) is 13.1. The maximum atomic E-state index is 10.3. The maximum absolute atomic E-state index is 10.3. The topological polar surface area (TPSA) is 90.2 Å². The van der Waals surface area contributed by atoms with Gasteiger partial charge in [-0.2, -0.15) is 0 Å². The second-order valence-corrected chi connectivity index (χ2v) is 8.00. The van der Waals surface area contributed by atoms with Crippen molar-refractivity contribution in [1.29, 1.82) is 0 Å². The zero-order valence-corrected chi connectivity index (χ0v) is 16.7. The Morgan fingerprint density at radius 3 is 2.18 bits per heavy atom. The van der Waals surface area contributed by atoms with Gasteiger partial charge in [0.2, 0.25) is 0 Å². The summed E-state index contributed by atoms with van der Waals surface area (Å²) in [5, 5.41) is 40.8. The molecule has 0 unspecified atom stereocenters. The summed E-state index contributed by atoms with van der Waals surface area (Å²) in [5.74, 6) is 0. The van der Waals surface area contributed by atoms with Gasteiger partial charge in [-0.05, 0) is 54.2 Å². The number of ether oxygens (including phenoxy) is 1. The zero-order chi connectivity index (χ0) is 20.3. The number of aliphatic hydroxyl groups excluding tert-OH is 4. The van der Waals surface area contributed by atoms with E-state index in [0.717, 1.165) is 30.4 Å². The minimum atomic E-state index is -1.38. The molecule has 152 valence electrons. The first kappa shape index (κ1) is 21.5. The Labute approximate surface area is 174 Å². The van der Waals surface area contributed by atoms with Crippen LogP contribution in [0.15, 0.2) is 42.5 Å². The summed E-state index contributed by atoms with van der Waals surface area (Å²) < 4.78 is 5.63. The fraction of sp³-hybridized carbons (Fsp3) is 0.429. The van der Waals surface area contributed by atoms with Gasteiger partial charge >= 0.3 is 0 Å². The van der Waals surface area contributed by atoms with Gasteiger partial charge in [0.1, 0.15) is 30.5 Å². The van der Waals surface area contributed by atoms with Crippen molar-refractivity contribution in [2.75, 3.05) is 6.61 Å². The van der Waals surface area contributed by atoms with Crippen molar-refractivity contribution < 1.29 is 25.2 Å².